The van der Waals surface area contributed by atoms with E-state index in [1.54, 1.807) is 6.07 Å². The number of anilines is 3. The average molecular weight is 286 g/mol. The van der Waals surface area contributed by atoms with Crippen LogP contribution in [0.25, 0.3) is 0 Å². The van der Waals surface area contributed by atoms with Crippen molar-refractivity contribution in [1.29, 1.82) is 0 Å². The van der Waals surface area contributed by atoms with E-state index in [4.69, 9.17) is 23.1 Å². The standard InChI is InChI=1S/C14H21ClFN3/c1-2-9-6-4-3-5-7-19(9)14-11(18)8-10(17)12(15)13(14)16/h8-9H,2-7,17-18H2,1H3. The fourth-order valence-corrected chi connectivity index (χ4v) is 2.99. The number of halogens is 2. The van der Waals surface area contributed by atoms with Crippen LogP contribution in [0.2, 0.25) is 5.02 Å². The van der Waals surface area contributed by atoms with Gasteiger partial charge in [0.2, 0.25) is 0 Å². The van der Waals surface area contributed by atoms with Crippen LogP contribution in [-0.2, 0) is 0 Å². The van der Waals surface area contributed by atoms with Crippen molar-refractivity contribution in [1.82, 2.24) is 0 Å². The van der Waals surface area contributed by atoms with E-state index in [0.29, 0.717) is 17.4 Å². The normalized spacial score (nSPS) is 20.4. The molecule has 0 radical (unpaired) electrons. The van der Waals surface area contributed by atoms with E-state index < -0.39 is 5.82 Å². The van der Waals surface area contributed by atoms with Gasteiger partial charge in [-0.15, -0.1) is 0 Å². The van der Waals surface area contributed by atoms with Crippen molar-refractivity contribution >= 4 is 28.7 Å². The van der Waals surface area contributed by atoms with Crippen molar-refractivity contribution in [3.8, 4) is 0 Å². The van der Waals surface area contributed by atoms with Crippen LogP contribution in [0.5, 0.6) is 0 Å². The highest BCUT2D eigenvalue weighted by Crippen LogP contribution is 2.38. The fraction of sp³-hybridized carbons (Fsp3) is 0.571. The van der Waals surface area contributed by atoms with Crippen LogP contribution in [0.1, 0.15) is 39.0 Å². The Kier molecular flexibility index (Phi) is 4.40. The molecule has 0 aliphatic carbocycles. The van der Waals surface area contributed by atoms with E-state index in [-0.39, 0.29) is 10.7 Å². The van der Waals surface area contributed by atoms with Gasteiger partial charge in [0.05, 0.1) is 17.1 Å². The van der Waals surface area contributed by atoms with Crippen LogP contribution in [0, 0.1) is 5.82 Å². The molecule has 1 atom stereocenters. The Morgan fingerprint density at radius 3 is 2.74 bits per heavy atom. The Balaban J connectivity index is 2.46. The smallest absolute Gasteiger partial charge is 0.169 e. The zero-order valence-corrected chi connectivity index (χ0v) is 12.0. The quantitative estimate of drug-likeness (QED) is 0.813. The van der Waals surface area contributed by atoms with Crippen LogP contribution in [0.15, 0.2) is 6.07 Å². The average Bonchev–Trinajstić information content (AvgIpc) is 2.61. The van der Waals surface area contributed by atoms with E-state index >= 15 is 0 Å². The number of rotatable bonds is 2. The molecule has 1 aromatic rings. The molecule has 1 unspecified atom stereocenters. The van der Waals surface area contributed by atoms with Crippen LogP contribution in [0.3, 0.4) is 0 Å². The summed E-state index contributed by atoms with van der Waals surface area (Å²) >= 11 is 5.92. The lowest BCUT2D eigenvalue weighted by Gasteiger charge is -2.33. The maximum absolute atomic E-state index is 14.4. The number of benzene rings is 1. The minimum atomic E-state index is -0.487. The SMILES string of the molecule is CCC1CCCCCN1c1c(N)cc(N)c(Cl)c1F. The highest BCUT2D eigenvalue weighted by Gasteiger charge is 2.26. The molecule has 1 fully saturated rings. The van der Waals surface area contributed by atoms with Crippen LogP contribution >= 0.6 is 11.6 Å². The third kappa shape index (κ3) is 2.73. The Hall–Kier alpha value is -1.16. The molecule has 0 aromatic heterocycles. The molecule has 5 heteroatoms. The second-order valence-corrected chi connectivity index (χ2v) is 5.51. The minimum Gasteiger partial charge on any atom is -0.397 e. The van der Waals surface area contributed by atoms with Gasteiger partial charge in [-0.3, -0.25) is 0 Å². The number of nitrogens with two attached hydrogens (primary N) is 2. The summed E-state index contributed by atoms with van der Waals surface area (Å²) < 4.78 is 14.4. The number of hydrogen-bond donors (Lipinski definition) is 2. The molecule has 2 rings (SSSR count). The lowest BCUT2D eigenvalue weighted by molar-refractivity contribution is 0.541. The van der Waals surface area contributed by atoms with Gasteiger partial charge in [0.25, 0.3) is 0 Å². The topological polar surface area (TPSA) is 55.3 Å². The molecule has 1 saturated heterocycles. The molecule has 1 aromatic carbocycles. The third-order valence-corrected chi connectivity index (χ3v) is 4.26. The molecule has 0 spiro atoms. The number of nitrogen functional groups attached to an aromatic ring is 2. The first-order valence-corrected chi connectivity index (χ1v) is 7.23. The van der Waals surface area contributed by atoms with Crippen molar-refractivity contribution in [3.05, 3.63) is 16.9 Å². The minimum absolute atomic E-state index is 0.0247. The highest BCUT2D eigenvalue weighted by molar-refractivity contribution is 6.33. The zero-order chi connectivity index (χ0) is 14.0. The first-order valence-electron chi connectivity index (χ1n) is 6.85. The summed E-state index contributed by atoms with van der Waals surface area (Å²) in [6.45, 7) is 2.94. The van der Waals surface area contributed by atoms with E-state index in [9.17, 15) is 4.39 Å². The maximum atomic E-state index is 14.4. The van der Waals surface area contributed by atoms with E-state index in [2.05, 4.69) is 11.8 Å². The molecule has 3 nitrogen and oxygen atoms in total. The molecule has 4 N–H and O–H groups in total. The summed E-state index contributed by atoms with van der Waals surface area (Å²) in [6, 6.07) is 1.87. The predicted octanol–water partition coefficient (Wildman–Crippen LogP) is 3.80. The summed E-state index contributed by atoms with van der Waals surface area (Å²) in [5.41, 5.74) is 12.6. The Morgan fingerprint density at radius 1 is 1.32 bits per heavy atom. The van der Waals surface area contributed by atoms with Gasteiger partial charge >= 0.3 is 0 Å². The van der Waals surface area contributed by atoms with Gasteiger partial charge in [0.1, 0.15) is 5.02 Å². The second kappa shape index (κ2) is 5.87. The largest absolute Gasteiger partial charge is 0.397 e. The summed E-state index contributed by atoms with van der Waals surface area (Å²) in [7, 11) is 0. The second-order valence-electron chi connectivity index (χ2n) is 5.14. The number of hydrogen-bond acceptors (Lipinski definition) is 3. The first kappa shape index (κ1) is 14.3. The van der Waals surface area contributed by atoms with Gasteiger partial charge in [0, 0.05) is 12.6 Å². The molecule has 106 valence electrons. The van der Waals surface area contributed by atoms with Gasteiger partial charge in [-0.25, -0.2) is 4.39 Å². The van der Waals surface area contributed by atoms with Crippen LogP contribution in [0.4, 0.5) is 21.5 Å². The molecule has 1 heterocycles. The lowest BCUT2D eigenvalue weighted by atomic mass is 10.1. The van der Waals surface area contributed by atoms with Gasteiger partial charge in [-0.05, 0) is 25.3 Å². The van der Waals surface area contributed by atoms with Crippen molar-refractivity contribution in [2.24, 2.45) is 0 Å². The molecule has 1 aliphatic rings. The third-order valence-electron chi connectivity index (χ3n) is 3.87. The van der Waals surface area contributed by atoms with Crippen molar-refractivity contribution in [2.75, 3.05) is 22.9 Å². The van der Waals surface area contributed by atoms with Crippen molar-refractivity contribution in [3.63, 3.8) is 0 Å². The Morgan fingerprint density at radius 2 is 2.05 bits per heavy atom. The molecular weight excluding hydrogens is 265 g/mol. The Bertz CT molecular complexity index is 464. The summed E-state index contributed by atoms with van der Waals surface area (Å²) in [6.07, 6.45) is 5.45. The van der Waals surface area contributed by atoms with E-state index in [1.165, 1.54) is 12.8 Å². The van der Waals surface area contributed by atoms with Crippen LogP contribution < -0.4 is 16.4 Å². The van der Waals surface area contributed by atoms with Crippen molar-refractivity contribution in [2.45, 2.75) is 45.1 Å². The first-order chi connectivity index (χ1) is 9.06. The molecule has 19 heavy (non-hydrogen) atoms. The van der Waals surface area contributed by atoms with E-state index in [1.807, 2.05) is 0 Å². The predicted molar refractivity (Wildman–Crippen MR) is 80.1 cm³/mol. The molecular formula is C14H21ClFN3. The zero-order valence-electron chi connectivity index (χ0n) is 11.3. The maximum Gasteiger partial charge on any atom is 0.169 e. The van der Waals surface area contributed by atoms with Gasteiger partial charge in [-0.2, -0.15) is 0 Å². The molecule has 0 amide bonds. The fourth-order valence-electron chi connectivity index (χ4n) is 2.84. The summed E-state index contributed by atoms with van der Waals surface area (Å²) in [5, 5.41) is -0.0247. The van der Waals surface area contributed by atoms with Gasteiger partial charge < -0.3 is 16.4 Å². The highest BCUT2D eigenvalue weighted by atomic mass is 35.5. The molecule has 0 bridgehead atoms. The van der Waals surface area contributed by atoms with E-state index in [0.717, 1.165) is 25.8 Å². The lowest BCUT2D eigenvalue weighted by Crippen LogP contribution is -2.35. The molecule has 0 saturated carbocycles. The molecule has 1 aliphatic heterocycles. The van der Waals surface area contributed by atoms with Gasteiger partial charge in [0.15, 0.2) is 5.82 Å². The van der Waals surface area contributed by atoms with Gasteiger partial charge in [-0.1, -0.05) is 31.4 Å². The summed E-state index contributed by atoms with van der Waals surface area (Å²) in [4.78, 5) is 2.07. The summed E-state index contributed by atoms with van der Waals surface area (Å²) in [5.74, 6) is -0.487. The Labute approximate surface area is 118 Å². The van der Waals surface area contributed by atoms with Crippen LogP contribution in [-0.4, -0.2) is 12.6 Å². The monoisotopic (exact) mass is 285 g/mol. The van der Waals surface area contributed by atoms with Crippen molar-refractivity contribution < 1.29 is 4.39 Å². The number of nitrogens with zero attached hydrogens (tertiary/aromatic N) is 1.